The fourth-order valence-corrected chi connectivity index (χ4v) is 3.28. The fraction of sp³-hybridized carbons (Fsp3) is 0.312. The van der Waals surface area contributed by atoms with Gasteiger partial charge in [0, 0.05) is 24.0 Å². The van der Waals surface area contributed by atoms with Crippen molar-refractivity contribution in [1.82, 2.24) is 4.98 Å². The van der Waals surface area contributed by atoms with Gasteiger partial charge in [-0.25, -0.2) is 4.98 Å². The molecule has 2 aromatic rings. The maximum absolute atomic E-state index is 5.91. The molecule has 1 aromatic heterocycles. The Morgan fingerprint density at radius 3 is 2.61 bits per heavy atom. The SMILES string of the molecule is ClC(Cl)(Cl)CC1(c2cccc(Oc3ccc(CBr)cn3)c2)CO1. The third kappa shape index (κ3) is 4.52. The smallest absolute Gasteiger partial charge is 0.219 e. The van der Waals surface area contributed by atoms with Crippen molar-refractivity contribution in [2.45, 2.75) is 21.1 Å². The summed E-state index contributed by atoms with van der Waals surface area (Å²) in [6.45, 7) is 0.530. The summed E-state index contributed by atoms with van der Waals surface area (Å²) in [4.78, 5) is 4.26. The second-order valence-electron chi connectivity index (χ2n) is 5.34. The first-order valence-corrected chi connectivity index (χ1v) is 9.16. The molecule has 1 unspecified atom stereocenters. The van der Waals surface area contributed by atoms with Gasteiger partial charge in [0.1, 0.15) is 11.4 Å². The van der Waals surface area contributed by atoms with E-state index in [4.69, 9.17) is 44.3 Å². The maximum Gasteiger partial charge on any atom is 0.219 e. The quantitative estimate of drug-likeness (QED) is 0.441. The fourth-order valence-electron chi connectivity index (χ4n) is 2.30. The molecular weight excluding hydrogens is 424 g/mol. The summed E-state index contributed by atoms with van der Waals surface area (Å²) in [5.74, 6) is 1.19. The van der Waals surface area contributed by atoms with Gasteiger partial charge in [-0.15, -0.1) is 0 Å². The third-order valence-corrected chi connectivity index (χ3v) is 4.56. The molecule has 1 aliphatic rings. The summed E-state index contributed by atoms with van der Waals surface area (Å²) in [6, 6.07) is 11.4. The average molecular weight is 438 g/mol. The zero-order valence-corrected chi connectivity index (χ0v) is 15.8. The lowest BCUT2D eigenvalue weighted by molar-refractivity contribution is 0.294. The second-order valence-corrected chi connectivity index (χ2v) is 8.42. The van der Waals surface area contributed by atoms with Gasteiger partial charge in [0.2, 0.25) is 5.88 Å². The molecule has 0 spiro atoms. The minimum absolute atomic E-state index is 0.298. The van der Waals surface area contributed by atoms with Crippen LogP contribution in [0.2, 0.25) is 0 Å². The lowest BCUT2D eigenvalue weighted by Gasteiger charge is -2.18. The van der Waals surface area contributed by atoms with Gasteiger partial charge in [-0.3, -0.25) is 0 Å². The number of rotatable bonds is 5. The highest BCUT2D eigenvalue weighted by Crippen LogP contribution is 2.50. The van der Waals surface area contributed by atoms with Crippen LogP contribution in [0.4, 0.5) is 0 Å². The van der Waals surface area contributed by atoms with Crippen molar-refractivity contribution < 1.29 is 9.47 Å². The monoisotopic (exact) mass is 435 g/mol. The molecule has 1 atom stereocenters. The minimum Gasteiger partial charge on any atom is -0.439 e. The summed E-state index contributed by atoms with van der Waals surface area (Å²) in [6.07, 6.45) is 2.06. The van der Waals surface area contributed by atoms with Crippen molar-refractivity contribution in [3.8, 4) is 11.6 Å². The molecule has 0 saturated carbocycles. The number of hydrogen-bond donors (Lipinski definition) is 0. The summed E-state index contributed by atoms with van der Waals surface area (Å²) >= 11 is 21.1. The number of benzene rings is 1. The summed E-state index contributed by atoms with van der Waals surface area (Å²) in [5.41, 5.74) is 1.47. The van der Waals surface area contributed by atoms with Crippen molar-refractivity contribution in [3.63, 3.8) is 0 Å². The molecular formula is C16H13BrCl3NO2. The average Bonchev–Trinajstić information content (AvgIpc) is 3.27. The van der Waals surface area contributed by atoms with E-state index < -0.39 is 9.39 Å². The molecule has 0 bridgehead atoms. The largest absolute Gasteiger partial charge is 0.439 e. The highest BCUT2D eigenvalue weighted by molar-refractivity contribution is 9.08. The summed E-state index contributed by atoms with van der Waals surface area (Å²) in [5, 5.41) is 0.757. The van der Waals surface area contributed by atoms with Crippen LogP contribution in [0.5, 0.6) is 11.6 Å². The van der Waals surface area contributed by atoms with Crippen molar-refractivity contribution in [2.75, 3.05) is 6.61 Å². The van der Waals surface area contributed by atoms with Crippen molar-refractivity contribution >= 4 is 50.7 Å². The van der Waals surface area contributed by atoms with Crippen LogP contribution in [-0.2, 0) is 15.7 Å². The lowest BCUT2D eigenvalue weighted by Crippen LogP contribution is -2.18. The van der Waals surface area contributed by atoms with Gasteiger partial charge in [-0.2, -0.15) is 0 Å². The minimum atomic E-state index is -1.36. The summed E-state index contributed by atoms with van der Waals surface area (Å²) < 4.78 is 9.99. The van der Waals surface area contributed by atoms with E-state index in [-0.39, 0.29) is 0 Å². The Balaban J connectivity index is 1.77. The van der Waals surface area contributed by atoms with Crippen molar-refractivity contribution in [2.24, 2.45) is 0 Å². The number of alkyl halides is 4. The van der Waals surface area contributed by atoms with E-state index in [0.29, 0.717) is 24.7 Å². The van der Waals surface area contributed by atoms with E-state index in [1.165, 1.54) is 0 Å². The lowest BCUT2D eigenvalue weighted by atomic mass is 9.97. The molecule has 2 heterocycles. The predicted octanol–water partition coefficient (Wildman–Crippen LogP) is 5.75. The molecule has 0 N–H and O–H groups in total. The maximum atomic E-state index is 5.91. The van der Waals surface area contributed by atoms with Crippen LogP contribution >= 0.6 is 50.7 Å². The standard InChI is InChI=1S/C16H13BrCl3NO2/c17-7-11-4-5-14(21-8-11)23-13-3-1-2-12(6-13)15(10-22-15)9-16(18,19)20/h1-6,8H,7,9-10H2. The molecule has 1 fully saturated rings. The molecule has 1 aliphatic heterocycles. The van der Waals surface area contributed by atoms with Crippen LogP contribution in [0.3, 0.4) is 0 Å². The molecule has 3 rings (SSSR count). The molecule has 1 aromatic carbocycles. The van der Waals surface area contributed by atoms with E-state index in [0.717, 1.165) is 16.5 Å². The van der Waals surface area contributed by atoms with Crippen LogP contribution in [0.25, 0.3) is 0 Å². The van der Waals surface area contributed by atoms with Crippen molar-refractivity contribution in [1.29, 1.82) is 0 Å². The Morgan fingerprint density at radius 2 is 2.04 bits per heavy atom. The Hall–Kier alpha value is -0.520. The van der Waals surface area contributed by atoms with Crippen molar-refractivity contribution in [3.05, 3.63) is 53.7 Å². The third-order valence-electron chi connectivity index (χ3n) is 3.51. The van der Waals surface area contributed by atoms with E-state index in [1.54, 1.807) is 6.20 Å². The number of epoxide rings is 1. The molecule has 7 heteroatoms. The molecule has 0 amide bonds. The number of hydrogen-bond acceptors (Lipinski definition) is 3. The predicted molar refractivity (Wildman–Crippen MR) is 95.9 cm³/mol. The highest BCUT2D eigenvalue weighted by atomic mass is 79.9. The molecule has 0 aliphatic carbocycles. The first kappa shape index (κ1) is 17.3. The van der Waals surface area contributed by atoms with Gasteiger partial charge in [-0.05, 0) is 23.3 Å². The summed E-state index contributed by atoms with van der Waals surface area (Å²) in [7, 11) is 0. The molecule has 3 nitrogen and oxygen atoms in total. The zero-order chi connectivity index (χ0) is 16.5. The topological polar surface area (TPSA) is 34.6 Å². The first-order chi connectivity index (χ1) is 10.9. The zero-order valence-electron chi connectivity index (χ0n) is 11.9. The van der Waals surface area contributed by atoms with Crippen LogP contribution in [0.1, 0.15) is 17.5 Å². The van der Waals surface area contributed by atoms with Gasteiger partial charge in [-0.1, -0.05) is 68.9 Å². The van der Waals surface area contributed by atoms with E-state index >= 15 is 0 Å². The first-order valence-electron chi connectivity index (χ1n) is 6.90. The van der Waals surface area contributed by atoms with Crippen LogP contribution in [0, 0.1) is 0 Å². The number of halogens is 4. The Labute approximate surface area is 158 Å². The van der Waals surface area contributed by atoms with Gasteiger partial charge in [0.25, 0.3) is 0 Å². The van der Waals surface area contributed by atoms with E-state index in [2.05, 4.69) is 20.9 Å². The van der Waals surface area contributed by atoms with Crippen LogP contribution < -0.4 is 4.74 Å². The molecule has 23 heavy (non-hydrogen) atoms. The van der Waals surface area contributed by atoms with Gasteiger partial charge in [0.05, 0.1) is 6.61 Å². The molecule has 0 radical (unpaired) electrons. The number of ether oxygens (including phenoxy) is 2. The highest BCUT2D eigenvalue weighted by Gasteiger charge is 2.51. The van der Waals surface area contributed by atoms with Crippen LogP contribution in [-0.4, -0.2) is 15.4 Å². The normalized spacial score (nSPS) is 20.3. The van der Waals surface area contributed by atoms with Crippen LogP contribution in [0.15, 0.2) is 42.6 Å². The van der Waals surface area contributed by atoms with Gasteiger partial charge < -0.3 is 9.47 Å². The molecule has 1 saturated heterocycles. The number of nitrogens with zero attached hydrogens (tertiary/aromatic N) is 1. The van der Waals surface area contributed by atoms with Gasteiger partial charge in [0.15, 0.2) is 3.79 Å². The number of pyridine rings is 1. The number of aromatic nitrogens is 1. The van der Waals surface area contributed by atoms with E-state index in [9.17, 15) is 0 Å². The Morgan fingerprint density at radius 1 is 1.26 bits per heavy atom. The second kappa shape index (κ2) is 6.77. The van der Waals surface area contributed by atoms with E-state index in [1.807, 2.05) is 36.4 Å². The van der Waals surface area contributed by atoms with Gasteiger partial charge >= 0.3 is 0 Å². The molecule has 122 valence electrons. The Bertz CT molecular complexity index is 684. The Kier molecular flexibility index (Phi) is 5.09.